The minimum Gasteiger partial charge on any atom is -0.412 e. The van der Waals surface area contributed by atoms with E-state index in [1.807, 2.05) is 22.9 Å². The number of imidazole rings is 1. The van der Waals surface area contributed by atoms with E-state index in [1.54, 1.807) is 6.20 Å². The van der Waals surface area contributed by atoms with Crippen LogP contribution >= 0.6 is 24.8 Å². The van der Waals surface area contributed by atoms with Gasteiger partial charge in [0.2, 0.25) is 5.78 Å². The average Bonchev–Trinajstić information content (AvgIpc) is 2.46. The van der Waals surface area contributed by atoms with Crippen molar-refractivity contribution in [1.82, 2.24) is 14.4 Å². The Labute approximate surface area is 93.5 Å². The highest BCUT2D eigenvalue weighted by Gasteiger charge is 1.97. The number of nitrogens with two attached hydrogens (primary N) is 1. The van der Waals surface area contributed by atoms with Gasteiger partial charge in [-0.05, 0) is 6.07 Å². The van der Waals surface area contributed by atoms with Gasteiger partial charge in [0, 0.05) is 25.1 Å². The second-order valence-electron chi connectivity index (χ2n) is 2.26. The van der Waals surface area contributed by atoms with Gasteiger partial charge in [0.25, 0.3) is 0 Å². The lowest BCUT2D eigenvalue weighted by Gasteiger charge is -1.85. The number of hydrogen-bond donors (Lipinski definition) is 1. The van der Waals surface area contributed by atoms with Crippen LogP contribution in [-0.2, 0) is 6.54 Å². The normalized spacial score (nSPS) is 8.36. The van der Waals surface area contributed by atoms with Gasteiger partial charge < -0.3 is 11.2 Å². The largest absolute Gasteiger partial charge is 0.412 e. The molecule has 0 aliphatic rings. The molecule has 80 valence electrons. The van der Waals surface area contributed by atoms with Crippen LogP contribution in [0.1, 0.15) is 5.69 Å². The monoisotopic (exact) mass is 238 g/mol. The fourth-order valence-electron chi connectivity index (χ4n) is 0.978. The predicted octanol–water partition coefficient (Wildman–Crippen LogP) is 0.207. The molecule has 0 aromatic carbocycles. The molecule has 2 aromatic heterocycles. The fraction of sp³-hybridized carbons (Fsp3) is 0.143. The Hall–Kier alpha value is -0.880. The summed E-state index contributed by atoms with van der Waals surface area (Å²) in [5.74, 6) is 0.702. The van der Waals surface area contributed by atoms with Crippen molar-refractivity contribution < 1.29 is 5.48 Å². The van der Waals surface area contributed by atoms with E-state index in [9.17, 15) is 0 Å². The van der Waals surface area contributed by atoms with Crippen molar-refractivity contribution in [2.24, 2.45) is 5.73 Å². The zero-order chi connectivity index (χ0) is 7.68. The van der Waals surface area contributed by atoms with Crippen LogP contribution in [0, 0.1) is 0 Å². The zero-order valence-corrected chi connectivity index (χ0v) is 8.88. The molecule has 2 rings (SSSR count). The smallest absolute Gasteiger partial charge is 0.233 e. The Kier molecular flexibility index (Phi) is 7.30. The van der Waals surface area contributed by atoms with E-state index in [1.165, 1.54) is 0 Å². The summed E-state index contributed by atoms with van der Waals surface area (Å²) in [7, 11) is 0. The number of nitrogens with zero attached hydrogens (tertiary/aromatic N) is 3. The second kappa shape index (κ2) is 6.56. The molecule has 0 bridgehead atoms. The topological polar surface area (TPSA) is 87.7 Å². The first-order valence-electron chi connectivity index (χ1n) is 3.39. The molecule has 0 aliphatic carbocycles. The van der Waals surface area contributed by atoms with Crippen molar-refractivity contribution in [3.8, 4) is 0 Å². The molecule has 0 fully saturated rings. The molecule has 5 nitrogen and oxygen atoms in total. The second-order valence-corrected chi connectivity index (χ2v) is 2.26. The summed E-state index contributed by atoms with van der Waals surface area (Å²) in [5.41, 5.74) is 6.27. The Morgan fingerprint density at radius 1 is 1.36 bits per heavy atom. The predicted molar refractivity (Wildman–Crippen MR) is 59.0 cm³/mol. The van der Waals surface area contributed by atoms with Crippen LogP contribution in [0.15, 0.2) is 24.7 Å². The van der Waals surface area contributed by atoms with Crippen molar-refractivity contribution in [1.29, 1.82) is 0 Å². The third-order valence-corrected chi connectivity index (χ3v) is 1.49. The van der Waals surface area contributed by atoms with E-state index in [-0.39, 0.29) is 30.3 Å². The molecule has 14 heavy (non-hydrogen) atoms. The fourth-order valence-corrected chi connectivity index (χ4v) is 0.978. The molecular weight excluding hydrogens is 227 g/mol. The molecule has 7 heteroatoms. The van der Waals surface area contributed by atoms with Gasteiger partial charge in [-0.2, -0.15) is 0 Å². The Morgan fingerprint density at radius 3 is 2.64 bits per heavy atom. The van der Waals surface area contributed by atoms with Gasteiger partial charge in [0.1, 0.15) is 0 Å². The minimum atomic E-state index is 0. The van der Waals surface area contributed by atoms with E-state index >= 15 is 0 Å². The van der Waals surface area contributed by atoms with Crippen LogP contribution in [0.3, 0.4) is 0 Å². The van der Waals surface area contributed by atoms with Crippen molar-refractivity contribution in [3.05, 3.63) is 30.4 Å². The third kappa shape index (κ3) is 2.81. The van der Waals surface area contributed by atoms with Crippen LogP contribution < -0.4 is 5.73 Å². The van der Waals surface area contributed by atoms with Crippen LogP contribution in [0.2, 0.25) is 0 Å². The molecule has 0 aliphatic heterocycles. The van der Waals surface area contributed by atoms with Crippen LogP contribution in [0.5, 0.6) is 0 Å². The van der Waals surface area contributed by atoms with Crippen molar-refractivity contribution in [2.75, 3.05) is 0 Å². The summed E-state index contributed by atoms with van der Waals surface area (Å²) in [6.45, 7) is 0.462. The van der Waals surface area contributed by atoms with Gasteiger partial charge in [-0.25, -0.2) is 9.97 Å². The van der Waals surface area contributed by atoms with E-state index in [4.69, 9.17) is 5.73 Å². The number of halogens is 2. The van der Waals surface area contributed by atoms with Gasteiger partial charge in [-0.15, -0.1) is 24.8 Å². The summed E-state index contributed by atoms with van der Waals surface area (Å²) in [6.07, 6.45) is 5.49. The first-order valence-corrected chi connectivity index (χ1v) is 3.39. The van der Waals surface area contributed by atoms with Gasteiger partial charge in [-0.1, -0.05) is 0 Å². The van der Waals surface area contributed by atoms with Crippen LogP contribution in [0.25, 0.3) is 5.78 Å². The number of aromatic nitrogens is 3. The minimum absolute atomic E-state index is 0. The molecule has 4 N–H and O–H groups in total. The zero-order valence-electron chi connectivity index (χ0n) is 7.25. The first kappa shape index (κ1) is 15.6. The van der Waals surface area contributed by atoms with E-state index in [2.05, 4.69) is 9.97 Å². The van der Waals surface area contributed by atoms with Crippen LogP contribution in [0.4, 0.5) is 0 Å². The Morgan fingerprint density at radius 2 is 2.07 bits per heavy atom. The molecule has 0 saturated carbocycles. The maximum atomic E-state index is 5.41. The van der Waals surface area contributed by atoms with Gasteiger partial charge in [0.05, 0.1) is 5.69 Å². The molecule has 0 saturated heterocycles. The van der Waals surface area contributed by atoms with Gasteiger partial charge >= 0.3 is 0 Å². The quantitative estimate of drug-likeness (QED) is 0.771. The highest BCUT2D eigenvalue weighted by molar-refractivity contribution is 5.85. The molecule has 0 amide bonds. The highest BCUT2D eigenvalue weighted by Crippen LogP contribution is 1.99. The maximum absolute atomic E-state index is 5.41. The van der Waals surface area contributed by atoms with Crippen molar-refractivity contribution in [2.45, 2.75) is 6.54 Å². The molecular formula is C7H12Cl2N4O. The van der Waals surface area contributed by atoms with E-state index in [0.29, 0.717) is 12.3 Å². The van der Waals surface area contributed by atoms with E-state index < -0.39 is 0 Å². The molecule has 0 radical (unpaired) electrons. The average molecular weight is 239 g/mol. The molecule has 0 atom stereocenters. The van der Waals surface area contributed by atoms with Gasteiger partial charge in [0.15, 0.2) is 0 Å². The van der Waals surface area contributed by atoms with Crippen molar-refractivity contribution in [3.63, 3.8) is 0 Å². The Balaban J connectivity index is 0. The molecule has 2 aromatic rings. The summed E-state index contributed by atoms with van der Waals surface area (Å²) < 4.78 is 1.85. The third-order valence-electron chi connectivity index (χ3n) is 1.49. The van der Waals surface area contributed by atoms with E-state index in [0.717, 1.165) is 5.69 Å². The number of hydrogen-bond acceptors (Lipinski definition) is 3. The molecule has 0 unspecified atom stereocenters. The summed E-state index contributed by atoms with van der Waals surface area (Å²) in [5, 5.41) is 0. The standard InChI is InChI=1S/C7H8N4.2ClH.H2O/c8-4-6-5-11-3-1-2-9-7(11)10-6;;;/h1-3,5H,4,8H2;2*1H;1H2. The highest BCUT2D eigenvalue weighted by atomic mass is 35.5. The van der Waals surface area contributed by atoms with Crippen molar-refractivity contribution >= 4 is 30.6 Å². The maximum Gasteiger partial charge on any atom is 0.233 e. The Bertz CT molecular complexity index is 345. The SMILES string of the molecule is Cl.Cl.NCc1cn2cccnc2n1.O. The lowest BCUT2D eigenvalue weighted by atomic mass is 10.5. The van der Waals surface area contributed by atoms with Crippen LogP contribution in [-0.4, -0.2) is 19.8 Å². The van der Waals surface area contributed by atoms with Gasteiger partial charge in [-0.3, -0.25) is 4.40 Å². The molecule has 2 heterocycles. The first-order chi connectivity index (χ1) is 5.40. The number of rotatable bonds is 1. The summed E-state index contributed by atoms with van der Waals surface area (Å²) >= 11 is 0. The lowest BCUT2D eigenvalue weighted by Crippen LogP contribution is -1.95. The summed E-state index contributed by atoms with van der Waals surface area (Å²) in [4.78, 5) is 8.20. The molecule has 0 spiro atoms. The summed E-state index contributed by atoms with van der Waals surface area (Å²) in [6, 6.07) is 1.86. The lowest BCUT2D eigenvalue weighted by molar-refractivity contribution is 0.824. The number of fused-ring (bicyclic) bond motifs is 1.